The average Bonchev–Trinajstić information content (AvgIpc) is 3.16. The van der Waals surface area contributed by atoms with Crippen molar-refractivity contribution < 1.29 is 9.47 Å². The Hall–Kier alpha value is -2.40. The van der Waals surface area contributed by atoms with Gasteiger partial charge in [-0.3, -0.25) is 0 Å². The molecule has 0 aliphatic carbocycles. The summed E-state index contributed by atoms with van der Waals surface area (Å²) in [5.41, 5.74) is 2.15. The highest BCUT2D eigenvalue weighted by atomic mass is 32.2. The molecule has 0 saturated carbocycles. The number of hydrogen-bond acceptors (Lipinski definition) is 5. The van der Waals surface area contributed by atoms with Crippen LogP contribution in [0, 0.1) is 0 Å². The summed E-state index contributed by atoms with van der Waals surface area (Å²) in [4.78, 5) is 0. The lowest BCUT2D eigenvalue weighted by Crippen LogP contribution is -2.12. The van der Waals surface area contributed by atoms with Gasteiger partial charge < -0.3 is 9.47 Å². The molecule has 0 saturated heterocycles. The van der Waals surface area contributed by atoms with Crippen LogP contribution in [0.25, 0.3) is 0 Å². The minimum absolute atomic E-state index is 0.131. The topological polar surface area (TPSA) is 34.1 Å². The monoisotopic (exact) mass is 310 g/mol. The molecule has 0 N–H and O–H groups in total. The van der Waals surface area contributed by atoms with Crippen LogP contribution >= 0.6 is 11.8 Å². The fraction of sp³-hybridized carbons (Fsp3) is 0.118. The molecule has 4 nitrogen and oxygen atoms in total. The van der Waals surface area contributed by atoms with Gasteiger partial charge in [-0.2, -0.15) is 0 Å². The first kappa shape index (κ1) is 13.3. The molecule has 22 heavy (non-hydrogen) atoms. The molecule has 110 valence electrons. The van der Waals surface area contributed by atoms with Crippen molar-refractivity contribution >= 4 is 17.7 Å². The minimum atomic E-state index is 0.131. The van der Waals surface area contributed by atoms with Gasteiger partial charge in [0.1, 0.15) is 11.1 Å². The predicted octanol–water partition coefficient (Wildman–Crippen LogP) is 3.93. The summed E-state index contributed by atoms with van der Waals surface area (Å²) in [6.45, 7) is 0. The number of nitrogens with zero attached hydrogens (tertiary/aromatic N) is 2. The van der Waals surface area contributed by atoms with Crippen LogP contribution in [0.2, 0.25) is 0 Å². The Balaban J connectivity index is 1.61. The Morgan fingerprint density at radius 1 is 1.09 bits per heavy atom. The van der Waals surface area contributed by atoms with Gasteiger partial charge in [0.15, 0.2) is 0 Å². The molecule has 2 aliphatic rings. The number of ether oxygens (including phenoxy) is 2. The first-order valence-corrected chi connectivity index (χ1v) is 7.90. The molecule has 2 aromatic carbocycles. The van der Waals surface area contributed by atoms with Crippen molar-refractivity contribution in [3.63, 3.8) is 0 Å². The van der Waals surface area contributed by atoms with E-state index < -0.39 is 0 Å². The third-order valence-corrected chi connectivity index (χ3v) is 4.63. The standard InChI is InChI=1S/C17H14N2O2S/c1-20-14-9-7-12(8-10-14)16-18-19-15(21-16)11-22-17(19)13-5-3-2-4-6-13/h2-11,17H,1H3. The zero-order valence-corrected chi connectivity index (χ0v) is 12.8. The Labute approximate surface area is 133 Å². The van der Waals surface area contributed by atoms with Crippen molar-refractivity contribution in [1.29, 1.82) is 0 Å². The van der Waals surface area contributed by atoms with Crippen LogP contribution < -0.4 is 4.74 Å². The minimum Gasteiger partial charge on any atom is -0.497 e. The number of fused-ring (bicyclic) bond motifs is 1. The van der Waals surface area contributed by atoms with Gasteiger partial charge in [-0.15, -0.1) is 5.10 Å². The summed E-state index contributed by atoms with van der Waals surface area (Å²) in [5, 5.41) is 8.70. The second-order valence-corrected chi connectivity index (χ2v) is 5.89. The Morgan fingerprint density at radius 2 is 1.86 bits per heavy atom. The third-order valence-electron chi connectivity index (χ3n) is 3.57. The van der Waals surface area contributed by atoms with E-state index in [9.17, 15) is 0 Å². The van der Waals surface area contributed by atoms with Gasteiger partial charge in [-0.25, -0.2) is 5.01 Å². The molecule has 1 atom stereocenters. The zero-order chi connectivity index (χ0) is 14.9. The lowest BCUT2D eigenvalue weighted by Gasteiger charge is -2.17. The van der Waals surface area contributed by atoms with E-state index in [1.165, 1.54) is 5.56 Å². The van der Waals surface area contributed by atoms with Gasteiger partial charge in [-0.05, 0) is 29.8 Å². The third kappa shape index (κ3) is 2.23. The fourth-order valence-electron chi connectivity index (χ4n) is 2.43. The highest BCUT2D eigenvalue weighted by Crippen LogP contribution is 2.45. The molecule has 0 spiro atoms. The molecular formula is C17H14N2O2S. The number of hydrogen-bond donors (Lipinski definition) is 0. The Kier molecular flexibility index (Phi) is 3.27. The number of methoxy groups -OCH3 is 1. The van der Waals surface area contributed by atoms with E-state index >= 15 is 0 Å². The van der Waals surface area contributed by atoms with Crippen molar-refractivity contribution in [1.82, 2.24) is 5.01 Å². The SMILES string of the molecule is COc1ccc(C2=NN3C(=CSC3c3ccccc3)O2)cc1. The van der Waals surface area contributed by atoms with Crippen LogP contribution in [0.5, 0.6) is 5.75 Å². The van der Waals surface area contributed by atoms with Crippen molar-refractivity contribution in [3.8, 4) is 5.75 Å². The predicted molar refractivity (Wildman–Crippen MR) is 87.3 cm³/mol. The molecule has 4 rings (SSSR count). The molecule has 2 heterocycles. The van der Waals surface area contributed by atoms with Crippen LogP contribution in [0.1, 0.15) is 16.5 Å². The lowest BCUT2D eigenvalue weighted by atomic mass is 10.2. The molecule has 0 radical (unpaired) electrons. The van der Waals surface area contributed by atoms with Crippen LogP contribution in [0.15, 0.2) is 71.0 Å². The number of rotatable bonds is 3. The molecule has 2 aliphatic heterocycles. The van der Waals surface area contributed by atoms with E-state index in [4.69, 9.17) is 9.47 Å². The quantitative estimate of drug-likeness (QED) is 0.860. The van der Waals surface area contributed by atoms with Crippen molar-refractivity contribution in [3.05, 3.63) is 77.0 Å². The second-order valence-electron chi connectivity index (χ2n) is 4.94. The maximum atomic E-state index is 5.87. The Bertz CT molecular complexity index is 741. The molecule has 0 aromatic heterocycles. The first-order chi connectivity index (χ1) is 10.8. The fourth-order valence-corrected chi connectivity index (χ4v) is 3.41. The molecule has 0 amide bonds. The summed E-state index contributed by atoms with van der Waals surface area (Å²) in [5.74, 6) is 2.22. The van der Waals surface area contributed by atoms with Crippen molar-refractivity contribution in [2.24, 2.45) is 5.10 Å². The van der Waals surface area contributed by atoms with Gasteiger partial charge in [0.05, 0.1) is 7.11 Å². The number of benzene rings is 2. The molecule has 2 aromatic rings. The van der Waals surface area contributed by atoms with Gasteiger partial charge >= 0.3 is 0 Å². The van der Waals surface area contributed by atoms with Crippen molar-refractivity contribution in [2.45, 2.75) is 5.37 Å². The maximum Gasteiger partial charge on any atom is 0.245 e. The molecular weight excluding hydrogens is 296 g/mol. The number of thioether (sulfide) groups is 1. The summed E-state index contributed by atoms with van der Waals surface area (Å²) in [6.07, 6.45) is 0. The van der Waals surface area contributed by atoms with Gasteiger partial charge in [0, 0.05) is 11.0 Å². The first-order valence-electron chi connectivity index (χ1n) is 6.96. The number of hydrazone groups is 1. The lowest BCUT2D eigenvalue weighted by molar-refractivity contribution is 0.265. The largest absolute Gasteiger partial charge is 0.497 e. The highest BCUT2D eigenvalue weighted by Gasteiger charge is 2.35. The van der Waals surface area contributed by atoms with E-state index in [0.29, 0.717) is 5.90 Å². The highest BCUT2D eigenvalue weighted by molar-refractivity contribution is 8.02. The molecule has 0 bridgehead atoms. The van der Waals surface area contributed by atoms with Crippen LogP contribution in [0.3, 0.4) is 0 Å². The molecule has 0 fully saturated rings. The van der Waals surface area contributed by atoms with Crippen LogP contribution in [-0.2, 0) is 4.74 Å². The van der Waals surface area contributed by atoms with Gasteiger partial charge in [0.25, 0.3) is 0 Å². The smallest absolute Gasteiger partial charge is 0.245 e. The molecule has 1 unspecified atom stereocenters. The van der Waals surface area contributed by atoms with E-state index in [1.54, 1.807) is 18.9 Å². The summed E-state index contributed by atoms with van der Waals surface area (Å²) >= 11 is 1.70. The van der Waals surface area contributed by atoms with E-state index in [0.717, 1.165) is 17.2 Å². The maximum absolute atomic E-state index is 5.87. The van der Waals surface area contributed by atoms with E-state index in [-0.39, 0.29) is 5.37 Å². The average molecular weight is 310 g/mol. The summed E-state index contributed by atoms with van der Waals surface area (Å²) in [6, 6.07) is 18.0. The van der Waals surface area contributed by atoms with Gasteiger partial charge in [-0.1, -0.05) is 42.1 Å². The molecule has 5 heteroatoms. The summed E-state index contributed by atoms with van der Waals surface area (Å²) in [7, 11) is 1.65. The van der Waals surface area contributed by atoms with Gasteiger partial charge in [0.2, 0.25) is 11.8 Å². The normalized spacial score (nSPS) is 19.3. The van der Waals surface area contributed by atoms with E-state index in [2.05, 4.69) is 17.2 Å². The van der Waals surface area contributed by atoms with Crippen molar-refractivity contribution in [2.75, 3.05) is 7.11 Å². The Morgan fingerprint density at radius 3 is 2.59 bits per heavy atom. The summed E-state index contributed by atoms with van der Waals surface area (Å²) < 4.78 is 11.0. The zero-order valence-electron chi connectivity index (χ0n) is 12.0. The van der Waals surface area contributed by atoms with Crippen LogP contribution in [0.4, 0.5) is 0 Å². The van der Waals surface area contributed by atoms with Crippen LogP contribution in [-0.4, -0.2) is 18.0 Å². The second kappa shape index (κ2) is 5.42. The van der Waals surface area contributed by atoms with E-state index in [1.807, 2.05) is 52.9 Å².